The number of carbonyl (C=O) groups excluding carboxylic acids is 1. The number of carbonyl (C=O) groups is 1. The predicted molar refractivity (Wildman–Crippen MR) is 68.6 cm³/mol. The van der Waals surface area contributed by atoms with Gasteiger partial charge in [-0.1, -0.05) is 18.2 Å². The van der Waals surface area contributed by atoms with Crippen molar-refractivity contribution in [1.29, 1.82) is 0 Å². The number of para-hydroxylation sites is 1. The number of hydrogen-bond donors (Lipinski definition) is 2. The molecule has 0 spiro atoms. The van der Waals surface area contributed by atoms with Gasteiger partial charge < -0.3 is 16.0 Å². The van der Waals surface area contributed by atoms with Gasteiger partial charge in [0.15, 0.2) is 0 Å². The summed E-state index contributed by atoms with van der Waals surface area (Å²) in [5, 5.41) is 2.93. The molecule has 4 heteroatoms. The van der Waals surface area contributed by atoms with E-state index >= 15 is 0 Å². The molecule has 0 unspecified atom stereocenters. The zero-order valence-corrected chi connectivity index (χ0v) is 10.4. The molecule has 1 aromatic rings. The van der Waals surface area contributed by atoms with Gasteiger partial charge in [-0.2, -0.15) is 0 Å². The van der Waals surface area contributed by atoms with Crippen molar-refractivity contribution >= 4 is 11.6 Å². The van der Waals surface area contributed by atoms with Gasteiger partial charge in [0.05, 0.1) is 5.54 Å². The number of anilines is 1. The molecule has 0 heterocycles. The minimum absolute atomic E-state index is 0.0660. The summed E-state index contributed by atoms with van der Waals surface area (Å²) < 4.78 is 0. The fraction of sp³-hybridized carbons (Fsp3) is 0.462. The second-order valence-electron chi connectivity index (χ2n) is 5.01. The van der Waals surface area contributed by atoms with Crippen LogP contribution >= 0.6 is 0 Å². The van der Waals surface area contributed by atoms with Gasteiger partial charge in [-0.15, -0.1) is 0 Å². The fourth-order valence-corrected chi connectivity index (χ4v) is 1.73. The Morgan fingerprint density at radius 1 is 1.41 bits per heavy atom. The molecule has 1 aliphatic carbocycles. The van der Waals surface area contributed by atoms with Crippen molar-refractivity contribution in [2.75, 3.05) is 19.4 Å². The minimum Gasteiger partial charge on any atom is -0.324 e. The molecule has 1 amide bonds. The monoisotopic (exact) mass is 233 g/mol. The maximum atomic E-state index is 11.9. The number of hydrogen-bond acceptors (Lipinski definition) is 3. The summed E-state index contributed by atoms with van der Waals surface area (Å²) in [5.74, 6) is -0.0660. The van der Waals surface area contributed by atoms with Crippen molar-refractivity contribution in [2.45, 2.75) is 24.9 Å². The molecule has 0 aromatic heterocycles. The Morgan fingerprint density at radius 3 is 2.65 bits per heavy atom. The number of rotatable bonds is 4. The van der Waals surface area contributed by atoms with Crippen LogP contribution < -0.4 is 11.1 Å². The van der Waals surface area contributed by atoms with Crippen molar-refractivity contribution in [3.63, 3.8) is 0 Å². The lowest BCUT2D eigenvalue weighted by atomic mass is 10.1. The van der Waals surface area contributed by atoms with Crippen molar-refractivity contribution in [3.8, 4) is 0 Å². The summed E-state index contributed by atoms with van der Waals surface area (Å²) in [7, 11) is 4.01. The van der Waals surface area contributed by atoms with E-state index in [-0.39, 0.29) is 5.91 Å². The van der Waals surface area contributed by atoms with Crippen molar-refractivity contribution in [2.24, 2.45) is 5.73 Å². The van der Waals surface area contributed by atoms with Gasteiger partial charge in [-0.25, -0.2) is 0 Å². The maximum absolute atomic E-state index is 11.9. The standard InChI is InChI=1S/C13H19N3O/c1-16(2)9-10-5-3-4-6-11(10)15-12(17)13(14)7-8-13/h3-6H,7-9,14H2,1-2H3,(H,15,17). The Morgan fingerprint density at radius 2 is 2.06 bits per heavy atom. The van der Waals surface area contributed by atoms with E-state index in [1.807, 2.05) is 38.4 Å². The van der Waals surface area contributed by atoms with E-state index < -0.39 is 5.54 Å². The van der Waals surface area contributed by atoms with E-state index in [0.29, 0.717) is 0 Å². The van der Waals surface area contributed by atoms with Gasteiger partial charge in [-0.05, 0) is 38.6 Å². The van der Waals surface area contributed by atoms with Crippen molar-refractivity contribution in [3.05, 3.63) is 29.8 Å². The molecule has 1 saturated carbocycles. The third kappa shape index (κ3) is 2.84. The van der Waals surface area contributed by atoms with Gasteiger partial charge in [0.2, 0.25) is 5.91 Å². The van der Waals surface area contributed by atoms with Gasteiger partial charge in [-0.3, -0.25) is 4.79 Å². The van der Waals surface area contributed by atoms with E-state index in [9.17, 15) is 4.79 Å². The SMILES string of the molecule is CN(C)Cc1ccccc1NC(=O)C1(N)CC1. The number of nitrogens with zero attached hydrogens (tertiary/aromatic N) is 1. The quantitative estimate of drug-likeness (QED) is 0.821. The highest BCUT2D eigenvalue weighted by atomic mass is 16.2. The summed E-state index contributed by atoms with van der Waals surface area (Å²) >= 11 is 0. The molecule has 0 saturated heterocycles. The van der Waals surface area contributed by atoms with E-state index in [2.05, 4.69) is 10.2 Å². The Bertz CT molecular complexity index is 424. The van der Waals surface area contributed by atoms with E-state index in [1.165, 1.54) is 0 Å². The number of nitrogens with one attached hydrogen (secondary N) is 1. The Kier molecular flexibility index (Phi) is 3.17. The fourth-order valence-electron chi connectivity index (χ4n) is 1.73. The van der Waals surface area contributed by atoms with Crippen LogP contribution in [0, 0.1) is 0 Å². The topological polar surface area (TPSA) is 58.4 Å². The van der Waals surface area contributed by atoms with Crippen LogP contribution in [0.4, 0.5) is 5.69 Å². The van der Waals surface area contributed by atoms with Crippen LogP contribution in [-0.4, -0.2) is 30.4 Å². The lowest BCUT2D eigenvalue weighted by molar-refractivity contribution is -0.118. The van der Waals surface area contributed by atoms with Crippen LogP contribution in [-0.2, 0) is 11.3 Å². The van der Waals surface area contributed by atoms with Gasteiger partial charge >= 0.3 is 0 Å². The Labute approximate surface area is 102 Å². The van der Waals surface area contributed by atoms with Crippen LogP contribution in [0.15, 0.2) is 24.3 Å². The Hall–Kier alpha value is -1.39. The molecule has 1 fully saturated rings. The van der Waals surface area contributed by atoms with Crippen LogP contribution in [0.3, 0.4) is 0 Å². The first-order chi connectivity index (χ1) is 8.01. The van der Waals surface area contributed by atoms with E-state index in [4.69, 9.17) is 5.73 Å². The zero-order chi connectivity index (χ0) is 12.5. The molecule has 92 valence electrons. The van der Waals surface area contributed by atoms with E-state index in [1.54, 1.807) is 0 Å². The highest BCUT2D eigenvalue weighted by Crippen LogP contribution is 2.33. The normalized spacial score (nSPS) is 16.9. The van der Waals surface area contributed by atoms with Crippen LogP contribution in [0.25, 0.3) is 0 Å². The van der Waals surface area contributed by atoms with Crippen molar-refractivity contribution in [1.82, 2.24) is 4.90 Å². The summed E-state index contributed by atoms with van der Waals surface area (Å²) in [4.78, 5) is 14.0. The summed E-state index contributed by atoms with van der Waals surface area (Å²) in [6, 6.07) is 7.84. The molecule has 1 aromatic carbocycles. The zero-order valence-electron chi connectivity index (χ0n) is 10.4. The average molecular weight is 233 g/mol. The van der Waals surface area contributed by atoms with Crippen LogP contribution in [0.2, 0.25) is 0 Å². The second-order valence-corrected chi connectivity index (χ2v) is 5.01. The molecular weight excluding hydrogens is 214 g/mol. The third-order valence-corrected chi connectivity index (χ3v) is 2.99. The third-order valence-electron chi connectivity index (χ3n) is 2.99. The number of amides is 1. The van der Waals surface area contributed by atoms with Gasteiger partial charge in [0.1, 0.15) is 0 Å². The first kappa shape index (κ1) is 12.1. The highest BCUT2D eigenvalue weighted by molar-refractivity contribution is 6.00. The van der Waals surface area contributed by atoms with Crippen molar-refractivity contribution < 1.29 is 4.79 Å². The molecule has 4 nitrogen and oxygen atoms in total. The summed E-state index contributed by atoms with van der Waals surface area (Å²) in [6.45, 7) is 0.800. The van der Waals surface area contributed by atoms with Gasteiger partial charge in [0.25, 0.3) is 0 Å². The molecule has 0 atom stereocenters. The molecule has 0 aliphatic heterocycles. The molecular formula is C13H19N3O. The molecule has 2 rings (SSSR count). The minimum atomic E-state index is -0.620. The first-order valence-electron chi connectivity index (χ1n) is 5.84. The van der Waals surface area contributed by atoms with Crippen LogP contribution in [0.5, 0.6) is 0 Å². The largest absolute Gasteiger partial charge is 0.324 e. The lowest BCUT2D eigenvalue weighted by Crippen LogP contribution is -2.38. The maximum Gasteiger partial charge on any atom is 0.244 e. The second kappa shape index (κ2) is 4.47. The smallest absolute Gasteiger partial charge is 0.244 e. The highest BCUT2D eigenvalue weighted by Gasteiger charge is 2.46. The molecule has 3 N–H and O–H groups in total. The van der Waals surface area contributed by atoms with E-state index in [0.717, 1.165) is 30.6 Å². The average Bonchev–Trinajstić information content (AvgIpc) is 3.00. The summed E-state index contributed by atoms with van der Waals surface area (Å²) in [5.41, 5.74) is 7.22. The molecule has 17 heavy (non-hydrogen) atoms. The summed E-state index contributed by atoms with van der Waals surface area (Å²) in [6.07, 6.45) is 1.57. The Balaban J connectivity index is 2.12. The number of benzene rings is 1. The molecule has 0 bridgehead atoms. The lowest BCUT2D eigenvalue weighted by Gasteiger charge is -2.16. The first-order valence-corrected chi connectivity index (χ1v) is 5.84. The molecule has 0 radical (unpaired) electrons. The van der Waals surface area contributed by atoms with Crippen LogP contribution in [0.1, 0.15) is 18.4 Å². The van der Waals surface area contributed by atoms with Gasteiger partial charge in [0, 0.05) is 12.2 Å². The molecule has 1 aliphatic rings. The predicted octanol–water partition coefficient (Wildman–Crippen LogP) is 1.18. The number of nitrogens with two attached hydrogens (primary N) is 1.